The van der Waals surface area contributed by atoms with Crippen molar-refractivity contribution in [1.29, 1.82) is 0 Å². The van der Waals surface area contributed by atoms with E-state index in [0.29, 0.717) is 0 Å². The van der Waals surface area contributed by atoms with Crippen molar-refractivity contribution < 1.29 is 5.11 Å². The lowest BCUT2D eigenvalue weighted by Gasteiger charge is -2.44. The number of nitrogens with zero attached hydrogens (tertiary/aromatic N) is 3. The molecule has 18 heavy (non-hydrogen) atoms. The highest BCUT2D eigenvalue weighted by atomic mass is 16.3. The van der Waals surface area contributed by atoms with Gasteiger partial charge in [0, 0.05) is 13.2 Å². The maximum atomic E-state index is 10.8. The maximum Gasteiger partial charge on any atom is 0.116 e. The lowest BCUT2D eigenvalue weighted by molar-refractivity contribution is -0.0319. The molecule has 102 valence electrons. The number of aryl methyl sites for hydroxylation is 1. The van der Waals surface area contributed by atoms with E-state index in [2.05, 4.69) is 23.8 Å². The first kappa shape index (κ1) is 13.6. The van der Waals surface area contributed by atoms with Gasteiger partial charge in [-0.3, -0.25) is 9.58 Å². The quantitative estimate of drug-likeness (QED) is 0.871. The number of likely N-dealkylation sites (tertiary alicyclic amines) is 1. The molecule has 0 aromatic carbocycles. The first-order valence-electron chi connectivity index (χ1n) is 7.06. The van der Waals surface area contributed by atoms with Crippen LogP contribution in [0.15, 0.2) is 12.3 Å². The summed E-state index contributed by atoms with van der Waals surface area (Å²) in [5.41, 5.74) is 0.651. The van der Waals surface area contributed by atoms with Gasteiger partial charge in [-0.25, -0.2) is 0 Å². The predicted molar refractivity (Wildman–Crippen MR) is 72.3 cm³/mol. The third-order valence-corrected chi connectivity index (χ3v) is 4.48. The summed E-state index contributed by atoms with van der Waals surface area (Å²) in [6.45, 7) is 6.55. The largest absolute Gasteiger partial charge is 0.385 e. The van der Waals surface area contributed by atoms with Crippen LogP contribution >= 0.6 is 0 Å². The Bertz CT molecular complexity index is 378. The van der Waals surface area contributed by atoms with Gasteiger partial charge in [0.15, 0.2) is 0 Å². The Labute approximate surface area is 110 Å². The summed E-state index contributed by atoms with van der Waals surface area (Å²) < 4.78 is 1.76. The minimum Gasteiger partial charge on any atom is -0.385 e. The van der Waals surface area contributed by atoms with Crippen LogP contribution in [-0.4, -0.2) is 38.4 Å². The number of rotatable bonds is 5. The Morgan fingerprint density at radius 3 is 2.39 bits per heavy atom. The fourth-order valence-corrected chi connectivity index (χ4v) is 3.27. The van der Waals surface area contributed by atoms with Crippen LogP contribution in [0.4, 0.5) is 0 Å². The molecule has 0 radical (unpaired) electrons. The van der Waals surface area contributed by atoms with Gasteiger partial charge in [-0.1, -0.05) is 13.8 Å². The van der Waals surface area contributed by atoms with Gasteiger partial charge >= 0.3 is 0 Å². The van der Waals surface area contributed by atoms with Crippen molar-refractivity contribution in [2.75, 3.05) is 13.1 Å². The summed E-state index contributed by atoms with van der Waals surface area (Å²) in [6.07, 6.45) is 5.82. The van der Waals surface area contributed by atoms with E-state index in [-0.39, 0.29) is 5.54 Å². The van der Waals surface area contributed by atoms with E-state index in [4.69, 9.17) is 0 Å². The second-order valence-corrected chi connectivity index (χ2v) is 5.32. The fraction of sp³-hybridized carbons (Fsp3) is 0.786. The predicted octanol–water partition coefficient (Wildman–Crippen LogP) is 2.11. The molecule has 1 atom stereocenters. The Balaban J connectivity index is 2.28. The van der Waals surface area contributed by atoms with Crippen molar-refractivity contribution in [3.63, 3.8) is 0 Å². The molecular weight excluding hydrogens is 226 g/mol. The van der Waals surface area contributed by atoms with E-state index in [1.165, 1.54) is 12.8 Å². The van der Waals surface area contributed by atoms with Gasteiger partial charge in [0.2, 0.25) is 0 Å². The first-order chi connectivity index (χ1) is 8.64. The number of aliphatic hydroxyl groups is 1. The van der Waals surface area contributed by atoms with Crippen LogP contribution in [0, 0.1) is 0 Å². The molecule has 1 N–H and O–H groups in total. The SMILES string of the molecule is CCC(CC)(C(O)c1ccn(C)n1)N1CCCC1. The minimum absolute atomic E-state index is 0.148. The standard InChI is InChI=1S/C14H25N3O/c1-4-14(5-2,17-9-6-7-10-17)13(18)12-8-11-16(3)15-12/h8,11,13,18H,4-7,9-10H2,1-3H3. The monoisotopic (exact) mass is 251 g/mol. The topological polar surface area (TPSA) is 41.3 Å². The van der Waals surface area contributed by atoms with E-state index in [1.807, 2.05) is 19.3 Å². The van der Waals surface area contributed by atoms with Gasteiger partial charge in [0.1, 0.15) is 6.10 Å². The molecule has 1 aromatic rings. The second-order valence-electron chi connectivity index (χ2n) is 5.32. The first-order valence-corrected chi connectivity index (χ1v) is 7.06. The zero-order valence-electron chi connectivity index (χ0n) is 11.8. The molecule has 1 aliphatic heterocycles. The van der Waals surface area contributed by atoms with Crippen LogP contribution in [-0.2, 0) is 7.05 Å². The summed E-state index contributed by atoms with van der Waals surface area (Å²) in [5.74, 6) is 0. The van der Waals surface area contributed by atoms with Gasteiger partial charge in [-0.05, 0) is 44.8 Å². The van der Waals surface area contributed by atoms with Crippen LogP contribution in [0.5, 0.6) is 0 Å². The van der Waals surface area contributed by atoms with Crippen LogP contribution < -0.4 is 0 Å². The summed E-state index contributed by atoms with van der Waals surface area (Å²) in [4.78, 5) is 2.46. The highest BCUT2D eigenvalue weighted by Crippen LogP contribution is 2.38. The third kappa shape index (κ3) is 2.19. The molecule has 2 rings (SSSR count). The average Bonchev–Trinajstić information content (AvgIpc) is 3.03. The van der Waals surface area contributed by atoms with E-state index in [1.54, 1.807) is 4.68 Å². The van der Waals surface area contributed by atoms with Gasteiger partial charge in [0.25, 0.3) is 0 Å². The van der Waals surface area contributed by atoms with Gasteiger partial charge < -0.3 is 5.11 Å². The molecule has 2 heterocycles. The lowest BCUT2D eigenvalue weighted by Crippen LogP contribution is -2.51. The molecule has 0 spiro atoms. The smallest absolute Gasteiger partial charge is 0.116 e. The summed E-state index contributed by atoms with van der Waals surface area (Å²) >= 11 is 0. The molecule has 1 saturated heterocycles. The molecule has 4 nitrogen and oxygen atoms in total. The van der Waals surface area contributed by atoms with Crippen molar-refractivity contribution in [3.05, 3.63) is 18.0 Å². The van der Waals surface area contributed by atoms with Crippen molar-refractivity contribution >= 4 is 0 Å². The normalized spacial score (nSPS) is 19.3. The van der Waals surface area contributed by atoms with E-state index >= 15 is 0 Å². The number of aromatic nitrogens is 2. The molecule has 0 saturated carbocycles. The Morgan fingerprint density at radius 2 is 1.94 bits per heavy atom. The molecule has 0 amide bonds. The average molecular weight is 251 g/mol. The van der Waals surface area contributed by atoms with E-state index in [0.717, 1.165) is 31.6 Å². The Kier molecular flexibility index (Phi) is 4.07. The number of aliphatic hydroxyl groups excluding tert-OH is 1. The van der Waals surface area contributed by atoms with Gasteiger partial charge in [-0.2, -0.15) is 5.10 Å². The van der Waals surface area contributed by atoms with Crippen molar-refractivity contribution in [1.82, 2.24) is 14.7 Å². The number of hydrogen-bond donors (Lipinski definition) is 1. The van der Waals surface area contributed by atoms with Crippen LogP contribution in [0.1, 0.15) is 51.3 Å². The molecule has 1 aliphatic rings. The number of hydrogen-bond acceptors (Lipinski definition) is 3. The van der Waals surface area contributed by atoms with E-state index < -0.39 is 6.10 Å². The molecule has 1 unspecified atom stereocenters. The Hall–Kier alpha value is -0.870. The van der Waals surface area contributed by atoms with Crippen LogP contribution in [0.25, 0.3) is 0 Å². The molecule has 4 heteroatoms. The minimum atomic E-state index is -0.494. The molecule has 1 fully saturated rings. The highest BCUT2D eigenvalue weighted by molar-refractivity contribution is 5.12. The summed E-state index contributed by atoms with van der Waals surface area (Å²) in [6, 6.07) is 1.93. The highest BCUT2D eigenvalue weighted by Gasteiger charge is 2.42. The second kappa shape index (κ2) is 5.41. The van der Waals surface area contributed by atoms with Crippen molar-refractivity contribution in [2.45, 2.75) is 51.2 Å². The van der Waals surface area contributed by atoms with Crippen LogP contribution in [0.2, 0.25) is 0 Å². The van der Waals surface area contributed by atoms with Crippen molar-refractivity contribution in [3.8, 4) is 0 Å². The van der Waals surface area contributed by atoms with Gasteiger partial charge in [0.05, 0.1) is 11.2 Å². The zero-order valence-corrected chi connectivity index (χ0v) is 11.8. The molecular formula is C14H25N3O. The molecule has 0 bridgehead atoms. The summed E-state index contributed by atoms with van der Waals surface area (Å²) in [5, 5.41) is 15.2. The molecule has 0 aliphatic carbocycles. The van der Waals surface area contributed by atoms with Crippen molar-refractivity contribution in [2.24, 2.45) is 7.05 Å². The third-order valence-electron chi connectivity index (χ3n) is 4.48. The summed E-state index contributed by atoms with van der Waals surface area (Å²) in [7, 11) is 1.89. The van der Waals surface area contributed by atoms with Gasteiger partial charge in [-0.15, -0.1) is 0 Å². The van der Waals surface area contributed by atoms with E-state index in [9.17, 15) is 5.11 Å². The Morgan fingerprint density at radius 1 is 1.33 bits per heavy atom. The van der Waals surface area contributed by atoms with Crippen LogP contribution in [0.3, 0.4) is 0 Å². The molecule has 1 aromatic heterocycles. The maximum absolute atomic E-state index is 10.8. The fourth-order valence-electron chi connectivity index (χ4n) is 3.27. The lowest BCUT2D eigenvalue weighted by atomic mass is 9.83. The zero-order chi connectivity index (χ0) is 13.2.